The predicted molar refractivity (Wildman–Crippen MR) is 91.1 cm³/mol. The molecule has 2 aliphatic heterocycles. The molecule has 3 unspecified atom stereocenters. The van der Waals surface area contributed by atoms with Crippen LogP contribution in [0.3, 0.4) is 0 Å². The Bertz CT molecular complexity index is 285. The van der Waals surface area contributed by atoms with Gasteiger partial charge >= 0.3 is 0 Å². The van der Waals surface area contributed by atoms with Gasteiger partial charge in [0, 0.05) is 45.8 Å². The maximum Gasteiger partial charge on any atom is 0.0863 e. The summed E-state index contributed by atoms with van der Waals surface area (Å²) in [4.78, 5) is 10.3. The molecule has 2 saturated heterocycles. The molecule has 3 atom stereocenters. The van der Waals surface area contributed by atoms with Gasteiger partial charge in [-0.1, -0.05) is 13.8 Å². The number of hydrogen-bond acceptors (Lipinski definition) is 4. The maximum atomic E-state index is 6.71. The molecule has 0 N–H and O–H groups in total. The van der Waals surface area contributed by atoms with E-state index in [0.717, 1.165) is 45.7 Å². The van der Waals surface area contributed by atoms with E-state index in [0.29, 0.717) is 0 Å². The second-order valence-corrected chi connectivity index (χ2v) is 6.83. The quantitative estimate of drug-likeness (QED) is 0.567. The molecule has 0 aromatic rings. The van der Waals surface area contributed by atoms with Crippen LogP contribution in [0.5, 0.6) is 0 Å². The average Bonchev–Trinajstić information content (AvgIpc) is 2.52. The third-order valence-corrected chi connectivity index (χ3v) is 5.56. The van der Waals surface area contributed by atoms with Crippen molar-refractivity contribution in [1.82, 2.24) is 19.6 Å². The Balaban J connectivity index is 2.03. The minimum absolute atomic E-state index is 0.192. The lowest BCUT2D eigenvalue weighted by molar-refractivity contribution is 0.114. The van der Waals surface area contributed by atoms with Crippen molar-refractivity contribution in [1.29, 1.82) is 0 Å². The molecule has 2 rings (SSSR count). The van der Waals surface area contributed by atoms with Crippen LogP contribution in [0.15, 0.2) is 0 Å². The number of fused-ring (bicyclic) bond motifs is 3. The number of rotatable bonds is 2. The Morgan fingerprint density at radius 3 is 2.14 bits per heavy atom. The second-order valence-electron chi connectivity index (χ2n) is 6.32. The highest BCUT2D eigenvalue weighted by Gasteiger charge is 2.22. The summed E-state index contributed by atoms with van der Waals surface area (Å²) in [5, 5.41) is 0. The van der Waals surface area contributed by atoms with Gasteiger partial charge in [0.05, 0.1) is 5.50 Å². The van der Waals surface area contributed by atoms with Gasteiger partial charge in [-0.15, -0.1) is 11.6 Å². The molecule has 0 spiro atoms. The predicted octanol–water partition coefficient (Wildman–Crippen LogP) is 1.61. The third kappa shape index (κ3) is 5.68. The molecule has 2 aliphatic rings. The van der Waals surface area contributed by atoms with E-state index in [1.807, 2.05) is 0 Å². The van der Waals surface area contributed by atoms with E-state index in [-0.39, 0.29) is 5.50 Å². The summed E-state index contributed by atoms with van der Waals surface area (Å²) in [6.45, 7) is 17.4. The molecule has 4 nitrogen and oxygen atoms in total. The topological polar surface area (TPSA) is 13.0 Å². The van der Waals surface area contributed by atoms with Crippen LogP contribution < -0.4 is 0 Å². The minimum Gasteiger partial charge on any atom is -0.302 e. The van der Waals surface area contributed by atoms with E-state index in [2.05, 4.69) is 33.4 Å². The molecule has 21 heavy (non-hydrogen) atoms. The van der Waals surface area contributed by atoms with Crippen molar-refractivity contribution >= 4 is 11.6 Å². The van der Waals surface area contributed by atoms with Crippen LogP contribution in [0.4, 0.5) is 0 Å². The van der Waals surface area contributed by atoms with Gasteiger partial charge in [-0.3, -0.25) is 4.90 Å². The first kappa shape index (κ1) is 17.5. The molecule has 2 bridgehead atoms. The van der Waals surface area contributed by atoms with E-state index in [4.69, 9.17) is 11.6 Å². The van der Waals surface area contributed by atoms with Crippen LogP contribution in [0.1, 0.15) is 26.7 Å². The number of nitrogens with zero attached hydrogens (tertiary/aromatic N) is 4. The summed E-state index contributed by atoms with van der Waals surface area (Å²) in [7, 11) is 0. The van der Waals surface area contributed by atoms with Gasteiger partial charge in [0.1, 0.15) is 0 Å². The van der Waals surface area contributed by atoms with Crippen molar-refractivity contribution < 1.29 is 0 Å². The third-order valence-electron chi connectivity index (χ3n) is 5.06. The standard InChI is InChI=1S/C16H33ClN4/c1-3-18-7-5-8-20-11-10-19(4-2)9-6-16(17)21(14-12-18)15-13-20/h16H,3-15H2,1-2H3. The van der Waals surface area contributed by atoms with Crippen LogP contribution in [-0.2, 0) is 0 Å². The fourth-order valence-electron chi connectivity index (χ4n) is 3.40. The van der Waals surface area contributed by atoms with E-state index in [1.54, 1.807) is 0 Å². The summed E-state index contributed by atoms with van der Waals surface area (Å²) < 4.78 is 0. The molecular weight excluding hydrogens is 284 g/mol. The van der Waals surface area contributed by atoms with Crippen molar-refractivity contribution in [3.05, 3.63) is 0 Å². The summed E-state index contributed by atoms with van der Waals surface area (Å²) in [6, 6.07) is 0. The lowest BCUT2D eigenvalue weighted by Crippen LogP contribution is -2.48. The van der Waals surface area contributed by atoms with Crippen LogP contribution in [0.25, 0.3) is 0 Å². The van der Waals surface area contributed by atoms with Crippen LogP contribution in [0, 0.1) is 0 Å². The molecule has 0 amide bonds. The molecule has 5 heteroatoms. The van der Waals surface area contributed by atoms with E-state index >= 15 is 0 Å². The molecule has 2 heterocycles. The van der Waals surface area contributed by atoms with Gasteiger partial charge in [0.25, 0.3) is 0 Å². The van der Waals surface area contributed by atoms with Crippen molar-refractivity contribution in [2.75, 3.05) is 72.0 Å². The molecule has 0 aromatic carbocycles. The highest BCUT2D eigenvalue weighted by Crippen LogP contribution is 2.14. The second kappa shape index (κ2) is 9.31. The van der Waals surface area contributed by atoms with Crippen LogP contribution >= 0.6 is 11.6 Å². The number of hydrogen-bond donors (Lipinski definition) is 0. The minimum atomic E-state index is 0.192. The zero-order chi connectivity index (χ0) is 15.1. The fourth-order valence-corrected chi connectivity index (χ4v) is 3.69. The number of alkyl halides is 1. The first-order chi connectivity index (χ1) is 10.2. The summed E-state index contributed by atoms with van der Waals surface area (Å²) >= 11 is 6.71. The number of likely N-dealkylation sites (N-methyl/N-ethyl adjacent to an activating group) is 2. The Labute approximate surface area is 136 Å². The first-order valence-corrected chi connectivity index (χ1v) is 9.21. The molecule has 0 radical (unpaired) electrons. The largest absolute Gasteiger partial charge is 0.302 e. The summed E-state index contributed by atoms with van der Waals surface area (Å²) in [6.07, 6.45) is 2.38. The Hall–Kier alpha value is 0.130. The SMILES string of the molecule is CCN1CCC(Cl)N2CCN(CC)CCCN(CC1)CC2. The van der Waals surface area contributed by atoms with E-state index in [9.17, 15) is 0 Å². The van der Waals surface area contributed by atoms with Gasteiger partial charge < -0.3 is 14.7 Å². The van der Waals surface area contributed by atoms with Crippen molar-refractivity contribution in [2.45, 2.75) is 32.2 Å². The maximum absolute atomic E-state index is 6.71. The van der Waals surface area contributed by atoms with Crippen LogP contribution in [0.2, 0.25) is 0 Å². The van der Waals surface area contributed by atoms with E-state index in [1.165, 1.54) is 39.1 Å². The zero-order valence-corrected chi connectivity index (χ0v) is 14.7. The molecule has 0 saturated carbocycles. The lowest BCUT2D eigenvalue weighted by Gasteiger charge is -2.37. The van der Waals surface area contributed by atoms with Crippen molar-refractivity contribution in [3.8, 4) is 0 Å². The Morgan fingerprint density at radius 2 is 1.38 bits per heavy atom. The number of halogens is 1. The van der Waals surface area contributed by atoms with Crippen molar-refractivity contribution in [3.63, 3.8) is 0 Å². The normalized spacial score (nSPS) is 34.7. The molecule has 0 aliphatic carbocycles. The summed E-state index contributed by atoms with van der Waals surface area (Å²) in [5.41, 5.74) is 0.192. The smallest absolute Gasteiger partial charge is 0.0863 e. The first-order valence-electron chi connectivity index (χ1n) is 8.78. The molecular formula is C16H33ClN4. The molecule has 0 aromatic heterocycles. The summed E-state index contributed by atoms with van der Waals surface area (Å²) in [5.74, 6) is 0. The van der Waals surface area contributed by atoms with Crippen LogP contribution in [-0.4, -0.2) is 97.1 Å². The zero-order valence-electron chi connectivity index (χ0n) is 13.9. The van der Waals surface area contributed by atoms with Gasteiger partial charge in [0.15, 0.2) is 0 Å². The monoisotopic (exact) mass is 316 g/mol. The Morgan fingerprint density at radius 1 is 0.762 bits per heavy atom. The van der Waals surface area contributed by atoms with Crippen molar-refractivity contribution in [2.24, 2.45) is 0 Å². The lowest BCUT2D eigenvalue weighted by atomic mass is 10.2. The Kier molecular flexibility index (Phi) is 7.75. The fraction of sp³-hybridized carbons (Fsp3) is 1.00. The van der Waals surface area contributed by atoms with Gasteiger partial charge in [0.2, 0.25) is 0 Å². The average molecular weight is 317 g/mol. The van der Waals surface area contributed by atoms with E-state index < -0.39 is 0 Å². The molecule has 2 fully saturated rings. The van der Waals surface area contributed by atoms with Gasteiger partial charge in [-0.2, -0.15) is 0 Å². The highest BCUT2D eigenvalue weighted by atomic mass is 35.5. The molecule has 124 valence electrons. The highest BCUT2D eigenvalue weighted by molar-refractivity contribution is 6.20. The van der Waals surface area contributed by atoms with Gasteiger partial charge in [-0.25, -0.2) is 0 Å². The van der Waals surface area contributed by atoms with Gasteiger partial charge in [-0.05, 0) is 39.0 Å².